The zero-order chi connectivity index (χ0) is 24.0. The fourth-order valence-electron chi connectivity index (χ4n) is 3.01. The number of carbonyl (C=O) groups is 2. The first-order chi connectivity index (χ1) is 15.1. The monoisotopic (exact) mass is 445 g/mol. The van der Waals surface area contributed by atoms with Gasteiger partial charge in [-0.15, -0.1) is 0 Å². The lowest BCUT2D eigenvalue weighted by Gasteiger charge is -2.22. The maximum absolute atomic E-state index is 10.2. The maximum atomic E-state index is 10.2. The summed E-state index contributed by atoms with van der Waals surface area (Å²) in [5.74, 6) is 0. The van der Waals surface area contributed by atoms with E-state index < -0.39 is 0 Å². The third kappa shape index (κ3) is 36.9. The summed E-state index contributed by atoms with van der Waals surface area (Å²) in [7, 11) is 1.73. The highest BCUT2D eigenvalue weighted by Crippen LogP contribution is 2.09. The number of ether oxygens (including phenoxy) is 1. The molecular weight excluding hydrogens is 390 g/mol. The van der Waals surface area contributed by atoms with Crippen molar-refractivity contribution in [1.29, 1.82) is 0 Å². The minimum atomic E-state index is 0.304. The van der Waals surface area contributed by atoms with Crippen LogP contribution in [0.3, 0.4) is 0 Å². The summed E-state index contributed by atoms with van der Waals surface area (Å²) < 4.78 is 4.90. The van der Waals surface area contributed by atoms with Gasteiger partial charge < -0.3 is 24.3 Å². The Hall–Kier alpha value is -0.780. The molecule has 1 N–H and O–H groups in total. The number of aldehydes is 2. The van der Waals surface area contributed by atoms with E-state index in [1.54, 1.807) is 7.11 Å². The Morgan fingerprint density at radius 3 is 1.65 bits per heavy atom. The van der Waals surface area contributed by atoms with Gasteiger partial charge in [-0.25, -0.2) is 0 Å². The first kappa shape index (κ1) is 34.8. The summed E-state index contributed by atoms with van der Waals surface area (Å²) in [5, 5.41) is 9.02. The molecule has 5 nitrogen and oxygen atoms in total. The quantitative estimate of drug-likeness (QED) is 0.178. The summed E-state index contributed by atoms with van der Waals surface area (Å²) in [4.78, 5) is 21.6. The Morgan fingerprint density at radius 1 is 0.806 bits per heavy atom. The van der Waals surface area contributed by atoms with Gasteiger partial charge in [-0.1, -0.05) is 65.2 Å². The van der Waals surface area contributed by atoms with Crippen LogP contribution < -0.4 is 0 Å². The molecule has 0 fully saturated rings. The molecule has 1 atom stereocenters. The van der Waals surface area contributed by atoms with Gasteiger partial charge >= 0.3 is 0 Å². The first-order valence-electron chi connectivity index (χ1n) is 12.8. The highest BCUT2D eigenvalue weighted by atomic mass is 16.5. The van der Waals surface area contributed by atoms with E-state index in [9.17, 15) is 4.79 Å². The first-order valence-corrected chi connectivity index (χ1v) is 12.8. The Bertz CT molecular complexity index is 323. The molecule has 31 heavy (non-hydrogen) atoms. The zero-order valence-corrected chi connectivity index (χ0v) is 21.6. The van der Waals surface area contributed by atoms with E-state index >= 15 is 0 Å². The van der Waals surface area contributed by atoms with Crippen molar-refractivity contribution in [2.75, 3.05) is 33.4 Å². The van der Waals surface area contributed by atoms with Gasteiger partial charge in [0.2, 0.25) is 0 Å². The van der Waals surface area contributed by atoms with Crippen molar-refractivity contribution in [3.05, 3.63) is 0 Å². The van der Waals surface area contributed by atoms with E-state index in [4.69, 9.17) is 14.6 Å². The molecule has 0 rings (SSSR count). The number of hydrogen-bond donors (Lipinski definition) is 1. The lowest BCUT2D eigenvalue weighted by atomic mass is 10.1. The molecule has 0 aliphatic carbocycles. The number of carbonyl (C=O) groups excluding carboxylic acids is 2. The lowest BCUT2D eigenvalue weighted by molar-refractivity contribution is -0.108. The van der Waals surface area contributed by atoms with Crippen LogP contribution in [0.2, 0.25) is 0 Å². The van der Waals surface area contributed by atoms with E-state index in [0.29, 0.717) is 12.7 Å². The Morgan fingerprint density at radius 2 is 1.26 bits per heavy atom. The molecule has 0 bridgehead atoms. The predicted octanol–water partition coefficient (Wildman–Crippen LogP) is 6.21. The van der Waals surface area contributed by atoms with Gasteiger partial charge in [0, 0.05) is 26.7 Å². The van der Waals surface area contributed by atoms with E-state index in [1.807, 2.05) is 0 Å². The third-order valence-electron chi connectivity index (χ3n) is 5.23. The van der Waals surface area contributed by atoms with Crippen LogP contribution in [0, 0.1) is 0 Å². The summed E-state index contributed by atoms with van der Waals surface area (Å²) in [6, 6.07) is 0. The Balaban J connectivity index is -0.000000729. The number of hydrogen-bond acceptors (Lipinski definition) is 5. The van der Waals surface area contributed by atoms with Gasteiger partial charge in [0.25, 0.3) is 0 Å². The highest BCUT2D eigenvalue weighted by Gasteiger charge is 2.04. The second kappa shape index (κ2) is 33.8. The molecule has 0 aromatic carbocycles. The molecule has 0 spiro atoms. The van der Waals surface area contributed by atoms with Gasteiger partial charge in [0.1, 0.15) is 12.6 Å². The molecule has 0 aliphatic rings. The van der Waals surface area contributed by atoms with E-state index in [-0.39, 0.29) is 0 Å². The second-order valence-electron chi connectivity index (χ2n) is 8.10. The van der Waals surface area contributed by atoms with E-state index in [2.05, 4.69) is 25.7 Å². The minimum Gasteiger partial charge on any atom is -0.396 e. The molecule has 0 radical (unpaired) electrons. The molecule has 1 unspecified atom stereocenters. The van der Waals surface area contributed by atoms with Gasteiger partial charge in [-0.2, -0.15) is 0 Å². The van der Waals surface area contributed by atoms with Crippen molar-refractivity contribution in [2.24, 2.45) is 0 Å². The number of methoxy groups -OCH3 is 1. The number of aliphatic hydroxyl groups excluding tert-OH is 1. The third-order valence-corrected chi connectivity index (χ3v) is 5.23. The summed E-state index contributed by atoms with van der Waals surface area (Å²) >= 11 is 0. The molecule has 188 valence electrons. The zero-order valence-electron chi connectivity index (χ0n) is 21.6. The van der Waals surface area contributed by atoms with Crippen LogP contribution in [0.5, 0.6) is 0 Å². The topological polar surface area (TPSA) is 66.8 Å². The van der Waals surface area contributed by atoms with Crippen molar-refractivity contribution in [3.8, 4) is 0 Å². The molecule has 5 heteroatoms. The molecule has 0 saturated heterocycles. The van der Waals surface area contributed by atoms with Crippen LogP contribution >= 0.6 is 0 Å². The Labute approximate surface area is 194 Å². The van der Waals surface area contributed by atoms with Crippen LogP contribution in [0.25, 0.3) is 0 Å². The van der Waals surface area contributed by atoms with Crippen molar-refractivity contribution in [2.45, 2.75) is 124 Å². The predicted molar refractivity (Wildman–Crippen MR) is 134 cm³/mol. The largest absolute Gasteiger partial charge is 0.396 e. The summed E-state index contributed by atoms with van der Waals surface area (Å²) in [6.07, 6.45) is 19.0. The standard InChI is InChI=1S/C19H39NO2.C5H12O.C2H4O/c1-2-3-4-5-8-11-15-20(17-14-19-22)16-12-9-6-7-10-13-18-21;1-4-5(2)6-3;1-2-3/h18,22H,2-17,19H2,1H3;5H,4H2,1-3H3;2H,1H3. The van der Waals surface area contributed by atoms with Crippen LogP contribution in [0.15, 0.2) is 0 Å². The van der Waals surface area contributed by atoms with Crippen molar-refractivity contribution >= 4 is 12.6 Å². The normalized spacial score (nSPS) is 11.2. The molecular formula is C26H55NO4. The fraction of sp³-hybridized carbons (Fsp3) is 0.923. The Kier molecular flexibility index (Phi) is 38.0. The number of nitrogens with zero attached hydrogens (tertiary/aromatic N) is 1. The van der Waals surface area contributed by atoms with Crippen LogP contribution in [0.4, 0.5) is 0 Å². The second-order valence-corrected chi connectivity index (χ2v) is 8.10. The van der Waals surface area contributed by atoms with Crippen LogP contribution in [-0.2, 0) is 14.3 Å². The van der Waals surface area contributed by atoms with Gasteiger partial charge in [-0.05, 0) is 59.0 Å². The van der Waals surface area contributed by atoms with Crippen molar-refractivity contribution in [1.82, 2.24) is 4.90 Å². The molecule has 0 saturated carbocycles. The number of rotatable bonds is 20. The minimum absolute atomic E-state index is 0.304. The number of aliphatic hydroxyl groups is 1. The average Bonchev–Trinajstić information content (AvgIpc) is 2.78. The lowest BCUT2D eigenvalue weighted by Crippen LogP contribution is -2.27. The molecule has 0 aromatic rings. The molecule has 0 amide bonds. The smallest absolute Gasteiger partial charge is 0.119 e. The van der Waals surface area contributed by atoms with Gasteiger partial charge in [0.15, 0.2) is 0 Å². The summed E-state index contributed by atoms with van der Waals surface area (Å²) in [5.41, 5.74) is 0. The van der Waals surface area contributed by atoms with Crippen molar-refractivity contribution < 1.29 is 19.4 Å². The average molecular weight is 446 g/mol. The van der Waals surface area contributed by atoms with E-state index in [0.717, 1.165) is 44.8 Å². The molecule has 0 aliphatic heterocycles. The molecule has 0 heterocycles. The van der Waals surface area contributed by atoms with Crippen LogP contribution in [0.1, 0.15) is 118 Å². The summed E-state index contributed by atoms with van der Waals surface area (Å²) in [6.45, 7) is 11.6. The van der Waals surface area contributed by atoms with Crippen LogP contribution in [-0.4, -0.2) is 62.0 Å². The molecule has 0 aromatic heterocycles. The fourth-order valence-corrected chi connectivity index (χ4v) is 3.01. The van der Waals surface area contributed by atoms with Gasteiger partial charge in [-0.3, -0.25) is 0 Å². The van der Waals surface area contributed by atoms with Crippen molar-refractivity contribution in [3.63, 3.8) is 0 Å². The van der Waals surface area contributed by atoms with E-state index in [1.165, 1.54) is 84.2 Å². The number of unbranched alkanes of at least 4 members (excludes halogenated alkanes) is 10. The SMILES string of the molecule is CC=O.CCC(C)OC.CCCCCCCCN(CCCO)CCCCCCCC=O. The maximum Gasteiger partial charge on any atom is 0.119 e. The highest BCUT2D eigenvalue weighted by molar-refractivity contribution is 5.48. The van der Waals surface area contributed by atoms with Gasteiger partial charge in [0.05, 0.1) is 6.10 Å².